The second-order valence-corrected chi connectivity index (χ2v) is 5.76. The Morgan fingerprint density at radius 2 is 1.28 bits per heavy atom. The lowest BCUT2D eigenvalue weighted by Crippen LogP contribution is -2.22. The SMILES string of the molecule is COc1ccccc1Nc1cccc2c1C(=O)c1ccccc1C2=O. The van der Waals surface area contributed by atoms with Crippen LogP contribution in [0, 0.1) is 0 Å². The van der Waals surface area contributed by atoms with Gasteiger partial charge in [0.05, 0.1) is 24.0 Å². The summed E-state index contributed by atoms with van der Waals surface area (Å²) in [5.41, 5.74) is 3.04. The fourth-order valence-electron chi connectivity index (χ4n) is 3.14. The van der Waals surface area contributed by atoms with Crippen LogP contribution in [0.3, 0.4) is 0 Å². The molecule has 0 aliphatic heterocycles. The van der Waals surface area contributed by atoms with Gasteiger partial charge in [-0.2, -0.15) is 0 Å². The van der Waals surface area contributed by atoms with Gasteiger partial charge in [-0.1, -0.05) is 48.5 Å². The molecule has 0 atom stereocenters. The molecule has 1 aliphatic carbocycles. The van der Waals surface area contributed by atoms with Crippen molar-refractivity contribution < 1.29 is 14.3 Å². The quantitative estimate of drug-likeness (QED) is 0.611. The van der Waals surface area contributed by atoms with Crippen LogP contribution in [0.2, 0.25) is 0 Å². The van der Waals surface area contributed by atoms with Crippen LogP contribution in [0.4, 0.5) is 11.4 Å². The Labute approximate surface area is 145 Å². The van der Waals surface area contributed by atoms with Crippen molar-refractivity contribution >= 4 is 22.9 Å². The molecule has 4 heteroatoms. The molecule has 0 aromatic heterocycles. The molecule has 1 N–H and O–H groups in total. The Kier molecular flexibility index (Phi) is 3.58. The van der Waals surface area contributed by atoms with E-state index in [1.165, 1.54) is 0 Å². The van der Waals surface area contributed by atoms with E-state index in [-0.39, 0.29) is 11.6 Å². The van der Waals surface area contributed by atoms with Crippen LogP contribution in [0.1, 0.15) is 31.8 Å². The van der Waals surface area contributed by atoms with Crippen LogP contribution in [0.5, 0.6) is 5.75 Å². The Bertz CT molecular complexity index is 1010. The van der Waals surface area contributed by atoms with Gasteiger partial charge in [0.1, 0.15) is 5.75 Å². The van der Waals surface area contributed by atoms with Gasteiger partial charge in [-0.3, -0.25) is 9.59 Å². The Balaban J connectivity index is 1.85. The van der Waals surface area contributed by atoms with E-state index in [0.717, 1.165) is 5.69 Å². The van der Waals surface area contributed by atoms with E-state index in [1.54, 1.807) is 49.6 Å². The summed E-state index contributed by atoms with van der Waals surface area (Å²) in [6.07, 6.45) is 0. The second kappa shape index (κ2) is 5.91. The molecule has 0 saturated carbocycles. The largest absolute Gasteiger partial charge is 0.495 e. The molecule has 25 heavy (non-hydrogen) atoms. The molecule has 0 fully saturated rings. The van der Waals surface area contributed by atoms with E-state index in [0.29, 0.717) is 33.7 Å². The van der Waals surface area contributed by atoms with Gasteiger partial charge in [0, 0.05) is 16.7 Å². The summed E-state index contributed by atoms with van der Waals surface area (Å²) in [4.78, 5) is 25.8. The summed E-state index contributed by atoms with van der Waals surface area (Å²) in [6, 6.07) is 19.6. The van der Waals surface area contributed by atoms with Crippen molar-refractivity contribution in [3.63, 3.8) is 0 Å². The van der Waals surface area contributed by atoms with Crippen molar-refractivity contribution in [2.45, 2.75) is 0 Å². The molecule has 4 rings (SSSR count). The highest BCUT2D eigenvalue weighted by molar-refractivity contribution is 6.30. The number of ether oxygens (including phenoxy) is 1. The third-order valence-corrected chi connectivity index (χ3v) is 4.33. The number of benzene rings is 3. The Hall–Kier alpha value is -3.40. The molecule has 3 aromatic rings. The maximum atomic E-state index is 13.0. The summed E-state index contributed by atoms with van der Waals surface area (Å²) >= 11 is 0. The molecule has 0 heterocycles. The smallest absolute Gasteiger partial charge is 0.196 e. The van der Waals surface area contributed by atoms with Crippen LogP contribution in [-0.4, -0.2) is 18.7 Å². The van der Waals surface area contributed by atoms with E-state index >= 15 is 0 Å². The van der Waals surface area contributed by atoms with Crippen molar-refractivity contribution in [3.8, 4) is 5.75 Å². The number of carbonyl (C=O) groups excluding carboxylic acids is 2. The van der Waals surface area contributed by atoms with E-state index in [9.17, 15) is 9.59 Å². The van der Waals surface area contributed by atoms with Crippen molar-refractivity contribution in [2.75, 3.05) is 12.4 Å². The van der Waals surface area contributed by atoms with Crippen LogP contribution in [0.15, 0.2) is 66.7 Å². The lowest BCUT2D eigenvalue weighted by Gasteiger charge is -2.21. The number of hydrogen-bond acceptors (Lipinski definition) is 4. The first-order valence-corrected chi connectivity index (χ1v) is 7.92. The fraction of sp³-hybridized carbons (Fsp3) is 0.0476. The molecule has 0 bridgehead atoms. The van der Waals surface area contributed by atoms with Crippen molar-refractivity contribution in [1.29, 1.82) is 0 Å². The number of methoxy groups -OCH3 is 1. The van der Waals surface area contributed by atoms with Crippen LogP contribution in [0.25, 0.3) is 0 Å². The lowest BCUT2D eigenvalue weighted by molar-refractivity contribution is 0.0979. The maximum absolute atomic E-state index is 13.0. The molecule has 0 unspecified atom stereocenters. The van der Waals surface area contributed by atoms with Gasteiger partial charge >= 0.3 is 0 Å². The monoisotopic (exact) mass is 329 g/mol. The molecule has 0 amide bonds. The highest BCUT2D eigenvalue weighted by Crippen LogP contribution is 2.35. The molecular weight excluding hydrogens is 314 g/mol. The normalized spacial score (nSPS) is 12.4. The first-order chi connectivity index (χ1) is 12.2. The maximum Gasteiger partial charge on any atom is 0.196 e. The van der Waals surface area contributed by atoms with Gasteiger partial charge in [0.2, 0.25) is 0 Å². The minimum Gasteiger partial charge on any atom is -0.495 e. The average molecular weight is 329 g/mol. The Morgan fingerprint density at radius 1 is 0.680 bits per heavy atom. The van der Waals surface area contributed by atoms with Crippen LogP contribution < -0.4 is 10.1 Å². The molecule has 0 radical (unpaired) electrons. The molecule has 0 spiro atoms. The highest BCUT2D eigenvalue weighted by Gasteiger charge is 2.31. The van der Waals surface area contributed by atoms with Crippen LogP contribution in [-0.2, 0) is 0 Å². The zero-order valence-electron chi connectivity index (χ0n) is 13.6. The number of anilines is 2. The molecule has 4 nitrogen and oxygen atoms in total. The van der Waals surface area contributed by atoms with Crippen molar-refractivity contribution in [1.82, 2.24) is 0 Å². The number of hydrogen-bond donors (Lipinski definition) is 1. The first-order valence-electron chi connectivity index (χ1n) is 7.92. The number of carbonyl (C=O) groups is 2. The topological polar surface area (TPSA) is 55.4 Å². The van der Waals surface area contributed by atoms with Crippen molar-refractivity contribution in [2.24, 2.45) is 0 Å². The first kappa shape index (κ1) is 15.1. The minimum atomic E-state index is -0.150. The second-order valence-electron chi connectivity index (χ2n) is 5.76. The highest BCUT2D eigenvalue weighted by atomic mass is 16.5. The summed E-state index contributed by atoms with van der Waals surface area (Å²) in [7, 11) is 1.59. The summed E-state index contributed by atoms with van der Waals surface area (Å²) < 4.78 is 5.35. The molecule has 0 saturated heterocycles. The van der Waals surface area contributed by atoms with Gasteiger partial charge in [-0.25, -0.2) is 0 Å². The number of rotatable bonds is 3. The van der Waals surface area contributed by atoms with Gasteiger partial charge in [0.25, 0.3) is 0 Å². The standard InChI is InChI=1S/C21H15NO3/c1-25-18-12-5-4-10-16(18)22-17-11-6-9-15-19(17)21(24)14-8-3-2-7-13(14)20(15)23/h2-12,22H,1H3. The third kappa shape index (κ3) is 2.39. The summed E-state index contributed by atoms with van der Waals surface area (Å²) in [5.74, 6) is 0.382. The predicted octanol–water partition coefficient (Wildman–Crippen LogP) is 4.21. The number of ketones is 2. The Morgan fingerprint density at radius 3 is 2.04 bits per heavy atom. The minimum absolute atomic E-state index is 0.131. The molecule has 3 aromatic carbocycles. The van der Waals surface area contributed by atoms with Gasteiger partial charge < -0.3 is 10.1 Å². The number of nitrogens with one attached hydrogen (secondary N) is 1. The number of para-hydroxylation sites is 2. The van der Waals surface area contributed by atoms with E-state index in [4.69, 9.17) is 4.74 Å². The molecular formula is C21H15NO3. The van der Waals surface area contributed by atoms with E-state index < -0.39 is 0 Å². The predicted molar refractivity (Wildman–Crippen MR) is 96.0 cm³/mol. The average Bonchev–Trinajstić information content (AvgIpc) is 2.66. The van der Waals surface area contributed by atoms with Gasteiger partial charge in [0.15, 0.2) is 11.6 Å². The zero-order valence-corrected chi connectivity index (χ0v) is 13.6. The summed E-state index contributed by atoms with van der Waals surface area (Å²) in [6.45, 7) is 0. The number of fused-ring (bicyclic) bond motifs is 2. The van der Waals surface area contributed by atoms with Gasteiger partial charge in [-0.05, 0) is 18.2 Å². The zero-order chi connectivity index (χ0) is 17.4. The fourth-order valence-corrected chi connectivity index (χ4v) is 3.14. The van der Waals surface area contributed by atoms with Crippen molar-refractivity contribution in [3.05, 3.63) is 89.0 Å². The molecule has 122 valence electrons. The van der Waals surface area contributed by atoms with Gasteiger partial charge in [-0.15, -0.1) is 0 Å². The third-order valence-electron chi connectivity index (χ3n) is 4.33. The summed E-state index contributed by atoms with van der Waals surface area (Å²) in [5, 5.41) is 3.24. The van der Waals surface area contributed by atoms with E-state index in [2.05, 4.69) is 5.32 Å². The lowest BCUT2D eigenvalue weighted by atomic mass is 9.83. The van der Waals surface area contributed by atoms with E-state index in [1.807, 2.05) is 24.3 Å². The molecule has 1 aliphatic rings. The van der Waals surface area contributed by atoms with Crippen LogP contribution >= 0.6 is 0 Å².